The maximum absolute atomic E-state index is 12.6. The molecule has 1 aliphatic carbocycles. The average Bonchev–Trinajstić information content (AvgIpc) is 3.02. The summed E-state index contributed by atoms with van der Waals surface area (Å²) in [5.74, 6) is -0.428. The first kappa shape index (κ1) is 17.5. The summed E-state index contributed by atoms with van der Waals surface area (Å²) in [7, 11) is -3.65. The minimum absolute atomic E-state index is 0.203. The Morgan fingerprint density at radius 3 is 2.40 bits per heavy atom. The van der Waals surface area contributed by atoms with Crippen LogP contribution in [0.5, 0.6) is 0 Å². The molecule has 5 nitrogen and oxygen atoms in total. The van der Waals surface area contributed by atoms with E-state index in [-0.39, 0.29) is 11.0 Å². The highest BCUT2D eigenvalue weighted by Gasteiger charge is 2.19. The van der Waals surface area contributed by atoms with E-state index < -0.39 is 16.0 Å². The van der Waals surface area contributed by atoms with Crippen molar-refractivity contribution in [3.63, 3.8) is 0 Å². The van der Waals surface area contributed by atoms with Gasteiger partial charge in [0.15, 0.2) is 0 Å². The Bertz CT molecular complexity index is 886. The van der Waals surface area contributed by atoms with Crippen LogP contribution in [-0.2, 0) is 27.6 Å². The standard InChI is InChI=1S/C19H21NO4S/c1-13(2)24-19(21)15-6-9-17(10-7-15)20-25(22,23)18-11-8-14-4-3-5-16(14)12-18/h6-13,20H,3-5H2,1-2H3. The van der Waals surface area contributed by atoms with Gasteiger partial charge >= 0.3 is 5.97 Å². The molecule has 0 heterocycles. The molecule has 0 amide bonds. The number of nitrogens with one attached hydrogen (secondary N) is 1. The lowest BCUT2D eigenvalue weighted by Crippen LogP contribution is -2.14. The van der Waals surface area contributed by atoms with Gasteiger partial charge in [-0.3, -0.25) is 4.72 Å². The summed E-state index contributed by atoms with van der Waals surface area (Å²) in [5.41, 5.74) is 3.12. The van der Waals surface area contributed by atoms with Crippen LogP contribution in [0.25, 0.3) is 0 Å². The van der Waals surface area contributed by atoms with E-state index in [2.05, 4.69) is 4.72 Å². The van der Waals surface area contributed by atoms with E-state index in [1.165, 1.54) is 5.56 Å². The molecule has 0 saturated heterocycles. The molecule has 2 aromatic rings. The molecule has 0 atom stereocenters. The Hall–Kier alpha value is -2.34. The molecule has 3 rings (SSSR count). The number of ether oxygens (including phenoxy) is 1. The predicted molar refractivity (Wildman–Crippen MR) is 96.3 cm³/mol. The van der Waals surface area contributed by atoms with E-state index in [1.54, 1.807) is 50.2 Å². The molecule has 0 bridgehead atoms. The van der Waals surface area contributed by atoms with Crippen LogP contribution in [0.1, 0.15) is 41.8 Å². The molecule has 2 aromatic carbocycles. The third-order valence-corrected chi connectivity index (χ3v) is 5.47. The second kappa shape index (κ2) is 6.88. The van der Waals surface area contributed by atoms with Crippen LogP contribution in [0.2, 0.25) is 0 Å². The first-order valence-electron chi connectivity index (χ1n) is 8.31. The SMILES string of the molecule is CC(C)OC(=O)c1ccc(NS(=O)(=O)c2ccc3c(c2)CCC3)cc1. The fourth-order valence-corrected chi connectivity index (χ4v) is 3.99. The third-order valence-electron chi connectivity index (χ3n) is 4.10. The molecule has 6 heteroatoms. The lowest BCUT2D eigenvalue weighted by molar-refractivity contribution is 0.0378. The quantitative estimate of drug-likeness (QED) is 0.829. The number of esters is 1. The zero-order valence-electron chi connectivity index (χ0n) is 14.3. The van der Waals surface area contributed by atoms with Crippen molar-refractivity contribution >= 4 is 21.7 Å². The first-order valence-corrected chi connectivity index (χ1v) is 9.79. The number of anilines is 1. The van der Waals surface area contributed by atoms with E-state index in [0.29, 0.717) is 11.3 Å². The Morgan fingerprint density at radius 2 is 1.72 bits per heavy atom. The molecular formula is C19H21NO4S. The molecule has 0 aliphatic heterocycles. The summed E-state index contributed by atoms with van der Waals surface area (Å²) in [6.07, 6.45) is 2.80. The van der Waals surface area contributed by atoms with Crippen LogP contribution in [0.4, 0.5) is 5.69 Å². The van der Waals surface area contributed by atoms with Crippen molar-refractivity contribution in [2.24, 2.45) is 0 Å². The van der Waals surface area contributed by atoms with Crippen molar-refractivity contribution in [2.75, 3.05) is 4.72 Å². The lowest BCUT2D eigenvalue weighted by atomic mass is 10.1. The van der Waals surface area contributed by atoms with Crippen LogP contribution in [0.3, 0.4) is 0 Å². The van der Waals surface area contributed by atoms with Crippen molar-refractivity contribution in [1.29, 1.82) is 0 Å². The third kappa shape index (κ3) is 4.02. The van der Waals surface area contributed by atoms with Crippen molar-refractivity contribution < 1.29 is 17.9 Å². The molecule has 0 saturated carbocycles. The fourth-order valence-electron chi connectivity index (χ4n) is 2.89. The average molecular weight is 359 g/mol. The van der Waals surface area contributed by atoms with Crippen molar-refractivity contribution in [3.8, 4) is 0 Å². The monoisotopic (exact) mass is 359 g/mol. The molecule has 25 heavy (non-hydrogen) atoms. The summed E-state index contributed by atoms with van der Waals surface area (Å²) >= 11 is 0. The number of benzene rings is 2. The summed E-state index contributed by atoms with van der Waals surface area (Å²) in [4.78, 5) is 12.1. The second-order valence-electron chi connectivity index (χ2n) is 6.42. The number of carbonyl (C=O) groups excluding carboxylic acids is 1. The highest BCUT2D eigenvalue weighted by atomic mass is 32.2. The van der Waals surface area contributed by atoms with Crippen LogP contribution in [0.15, 0.2) is 47.4 Å². The van der Waals surface area contributed by atoms with Crippen LogP contribution in [0, 0.1) is 0 Å². The normalized spacial score (nSPS) is 13.6. The van der Waals surface area contributed by atoms with Gasteiger partial charge in [0.2, 0.25) is 0 Å². The number of fused-ring (bicyclic) bond motifs is 1. The molecular weight excluding hydrogens is 338 g/mol. The molecule has 0 unspecified atom stereocenters. The van der Waals surface area contributed by atoms with Crippen LogP contribution < -0.4 is 4.72 Å². The smallest absolute Gasteiger partial charge is 0.338 e. The van der Waals surface area contributed by atoms with Crippen molar-refractivity contribution in [1.82, 2.24) is 0 Å². The van der Waals surface area contributed by atoms with E-state index >= 15 is 0 Å². The van der Waals surface area contributed by atoms with Gasteiger partial charge in [-0.05, 0) is 80.6 Å². The Kier molecular flexibility index (Phi) is 4.81. The number of hydrogen-bond acceptors (Lipinski definition) is 4. The van der Waals surface area contributed by atoms with Gasteiger partial charge in [-0.2, -0.15) is 0 Å². The number of rotatable bonds is 5. The molecule has 0 radical (unpaired) electrons. The zero-order valence-corrected chi connectivity index (χ0v) is 15.1. The number of sulfonamides is 1. The second-order valence-corrected chi connectivity index (χ2v) is 8.10. The Morgan fingerprint density at radius 1 is 1.04 bits per heavy atom. The van der Waals surface area contributed by atoms with Crippen molar-refractivity contribution in [2.45, 2.75) is 44.1 Å². The summed E-state index contributed by atoms with van der Waals surface area (Å²) in [5, 5.41) is 0. The number of aryl methyl sites for hydroxylation is 2. The van der Waals surface area contributed by atoms with Gasteiger partial charge in [-0.25, -0.2) is 13.2 Å². The molecule has 0 spiro atoms. The van der Waals surface area contributed by atoms with Gasteiger partial charge in [-0.15, -0.1) is 0 Å². The van der Waals surface area contributed by atoms with Gasteiger partial charge in [0.1, 0.15) is 0 Å². The van der Waals surface area contributed by atoms with Gasteiger partial charge in [0, 0.05) is 5.69 Å². The summed E-state index contributed by atoms with van der Waals surface area (Å²) in [6.45, 7) is 3.55. The largest absolute Gasteiger partial charge is 0.459 e. The van der Waals surface area contributed by atoms with Gasteiger partial charge in [0.05, 0.1) is 16.6 Å². The van der Waals surface area contributed by atoms with Gasteiger partial charge in [0.25, 0.3) is 10.0 Å². The predicted octanol–water partition coefficient (Wildman–Crippen LogP) is 3.54. The molecule has 1 aliphatic rings. The molecule has 1 N–H and O–H groups in total. The van der Waals surface area contributed by atoms with Crippen LogP contribution in [-0.4, -0.2) is 20.5 Å². The van der Waals surface area contributed by atoms with E-state index in [9.17, 15) is 13.2 Å². The maximum atomic E-state index is 12.6. The van der Waals surface area contributed by atoms with E-state index in [1.807, 2.05) is 6.07 Å². The molecule has 132 valence electrons. The Balaban J connectivity index is 1.76. The summed E-state index contributed by atoms with van der Waals surface area (Å²) in [6, 6.07) is 11.5. The Labute approximate surface area is 148 Å². The number of hydrogen-bond donors (Lipinski definition) is 1. The maximum Gasteiger partial charge on any atom is 0.338 e. The molecule has 0 aromatic heterocycles. The zero-order chi connectivity index (χ0) is 18.0. The minimum Gasteiger partial charge on any atom is -0.459 e. The fraction of sp³-hybridized carbons (Fsp3) is 0.316. The number of carbonyl (C=O) groups is 1. The lowest BCUT2D eigenvalue weighted by Gasteiger charge is -2.11. The highest BCUT2D eigenvalue weighted by Crippen LogP contribution is 2.26. The first-order chi connectivity index (χ1) is 11.8. The van der Waals surface area contributed by atoms with Crippen molar-refractivity contribution in [3.05, 3.63) is 59.2 Å². The van der Waals surface area contributed by atoms with E-state index in [0.717, 1.165) is 24.8 Å². The van der Waals surface area contributed by atoms with Crippen LogP contribution >= 0.6 is 0 Å². The van der Waals surface area contributed by atoms with Gasteiger partial charge < -0.3 is 4.74 Å². The summed E-state index contributed by atoms with van der Waals surface area (Å²) < 4.78 is 32.8. The molecule has 0 fully saturated rings. The highest BCUT2D eigenvalue weighted by molar-refractivity contribution is 7.92. The van der Waals surface area contributed by atoms with Gasteiger partial charge in [-0.1, -0.05) is 6.07 Å². The minimum atomic E-state index is -3.65. The van der Waals surface area contributed by atoms with E-state index in [4.69, 9.17) is 4.74 Å². The topological polar surface area (TPSA) is 72.5 Å².